The molecule has 1 aliphatic heterocycles. The van der Waals surface area contributed by atoms with Crippen molar-refractivity contribution in [3.05, 3.63) is 23.0 Å². The Hall–Kier alpha value is -1.84. The van der Waals surface area contributed by atoms with Crippen LogP contribution in [0.4, 0.5) is 0 Å². The molecule has 0 radical (unpaired) electrons. The number of ether oxygens (including phenoxy) is 2. The first-order chi connectivity index (χ1) is 15.6. The van der Waals surface area contributed by atoms with Crippen LogP contribution in [0.25, 0.3) is 10.2 Å². The standard InChI is InChI=1S/C23H33N3O4S2/c1-3-29-14-13-26-19-10-9-18(30-4-2)15-20(19)32-23(26)24-21(27)16-31-17-22(28)25-11-7-5-6-8-12-25/h9-10,15H,3-8,11-14,16-17H2,1-2H3. The van der Waals surface area contributed by atoms with Crippen molar-refractivity contribution in [3.63, 3.8) is 0 Å². The summed E-state index contributed by atoms with van der Waals surface area (Å²) in [6.45, 7) is 8.00. The van der Waals surface area contributed by atoms with Crippen LogP contribution in [-0.2, 0) is 20.9 Å². The fourth-order valence-electron chi connectivity index (χ4n) is 3.69. The number of aromatic nitrogens is 1. The van der Waals surface area contributed by atoms with Gasteiger partial charge in [0.05, 0.1) is 34.9 Å². The monoisotopic (exact) mass is 479 g/mol. The summed E-state index contributed by atoms with van der Waals surface area (Å²) < 4.78 is 14.2. The summed E-state index contributed by atoms with van der Waals surface area (Å²) in [7, 11) is 0. The molecule has 2 heterocycles. The molecule has 0 spiro atoms. The zero-order valence-corrected chi connectivity index (χ0v) is 20.6. The Morgan fingerprint density at radius 1 is 1.09 bits per heavy atom. The van der Waals surface area contributed by atoms with Crippen LogP contribution in [-0.4, -0.2) is 65.7 Å². The summed E-state index contributed by atoms with van der Waals surface area (Å²) in [5.41, 5.74) is 1.01. The molecule has 0 unspecified atom stereocenters. The van der Waals surface area contributed by atoms with Crippen LogP contribution in [0.2, 0.25) is 0 Å². The van der Waals surface area contributed by atoms with E-state index < -0.39 is 0 Å². The van der Waals surface area contributed by atoms with Gasteiger partial charge in [-0.3, -0.25) is 9.59 Å². The predicted molar refractivity (Wildman–Crippen MR) is 130 cm³/mol. The van der Waals surface area contributed by atoms with Crippen molar-refractivity contribution in [2.24, 2.45) is 4.99 Å². The number of carbonyl (C=O) groups excluding carboxylic acids is 2. The van der Waals surface area contributed by atoms with Gasteiger partial charge in [0.25, 0.3) is 5.91 Å². The average Bonchev–Trinajstić information content (AvgIpc) is 2.94. The number of thiazole rings is 1. The van der Waals surface area contributed by atoms with Gasteiger partial charge in [-0.1, -0.05) is 24.2 Å². The Morgan fingerprint density at radius 3 is 2.59 bits per heavy atom. The van der Waals surface area contributed by atoms with Gasteiger partial charge in [-0.25, -0.2) is 0 Å². The van der Waals surface area contributed by atoms with Gasteiger partial charge in [0.15, 0.2) is 4.80 Å². The van der Waals surface area contributed by atoms with Crippen molar-refractivity contribution >= 4 is 45.1 Å². The number of carbonyl (C=O) groups is 2. The minimum Gasteiger partial charge on any atom is -0.494 e. The minimum absolute atomic E-state index is 0.127. The molecular weight excluding hydrogens is 446 g/mol. The van der Waals surface area contributed by atoms with Crippen LogP contribution in [0, 0.1) is 0 Å². The Balaban J connectivity index is 1.68. The zero-order valence-electron chi connectivity index (χ0n) is 19.0. The number of fused-ring (bicyclic) bond motifs is 1. The first kappa shape index (κ1) is 24.8. The fourth-order valence-corrected chi connectivity index (χ4v) is 5.49. The first-order valence-electron chi connectivity index (χ1n) is 11.4. The molecule has 0 aliphatic carbocycles. The predicted octanol–water partition coefficient (Wildman–Crippen LogP) is 3.70. The molecule has 1 saturated heterocycles. The highest BCUT2D eigenvalue weighted by atomic mass is 32.2. The molecule has 0 saturated carbocycles. The van der Waals surface area contributed by atoms with E-state index in [0.717, 1.165) is 41.9 Å². The number of nitrogens with zero attached hydrogens (tertiary/aromatic N) is 3. The van der Waals surface area contributed by atoms with Gasteiger partial charge in [-0.05, 0) is 44.9 Å². The molecule has 0 N–H and O–H groups in total. The highest BCUT2D eigenvalue weighted by molar-refractivity contribution is 8.00. The zero-order chi connectivity index (χ0) is 22.8. The van der Waals surface area contributed by atoms with Gasteiger partial charge >= 0.3 is 0 Å². The number of thioether (sulfide) groups is 1. The molecule has 2 aromatic rings. The highest BCUT2D eigenvalue weighted by Crippen LogP contribution is 2.23. The van der Waals surface area contributed by atoms with Gasteiger partial charge < -0.3 is 18.9 Å². The van der Waals surface area contributed by atoms with Crippen LogP contribution < -0.4 is 9.54 Å². The average molecular weight is 480 g/mol. The Morgan fingerprint density at radius 2 is 1.88 bits per heavy atom. The number of hydrogen-bond donors (Lipinski definition) is 0. The molecule has 3 rings (SSSR count). The van der Waals surface area contributed by atoms with E-state index in [0.29, 0.717) is 36.9 Å². The lowest BCUT2D eigenvalue weighted by Crippen LogP contribution is -2.33. The second kappa shape index (κ2) is 13.0. The molecule has 2 amide bonds. The van der Waals surface area contributed by atoms with Gasteiger partial charge in [-0.15, -0.1) is 11.8 Å². The van der Waals surface area contributed by atoms with Crippen molar-refractivity contribution < 1.29 is 19.1 Å². The van der Waals surface area contributed by atoms with Crippen LogP contribution in [0.1, 0.15) is 39.5 Å². The quantitative estimate of drug-likeness (QED) is 0.486. The van der Waals surface area contributed by atoms with Crippen LogP contribution in [0.3, 0.4) is 0 Å². The Labute approximate surface area is 197 Å². The number of rotatable bonds is 10. The molecule has 1 aromatic heterocycles. The van der Waals surface area contributed by atoms with Gasteiger partial charge in [0.2, 0.25) is 5.91 Å². The number of hydrogen-bond acceptors (Lipinski definition) is 6. The number of likely N-dealkylation sites (tertiary alicyclic amines) is 1. The summed E-state index contributed by atoms with van der Waals surface area (Å²) in [6.07, 6.45) is 4.53. The van der Waals surface area contributed by atoms with E-state index >= 15 is 0 Å². The summed E-state index contributed by atoms with van der Waals surface area (Å²) >= 11 is 2.82. The molecule has 1 fully saturated rings. The maximum Gasteiger partial charge on any atom is 0.258 e. The Bertz CT molecular complexity index is 962. The maximum absolute atomic E-state index is 12.6. The second-order valence-electron chi connectivity index (χ2n) is 7.59. The van der Waals surface area contributed by atoms with E-state index in [1.165, 1.54) is 35.9 Å². The lowest BCUT2D eigenvalue weighted by molar-refractivity contribution is -0.128. The second-order valence-corrected chi connectivity index (χ2v) is 9.58. The molecule has 0 atom stereocenters. The topological polar surface area (TPSA) is 73.1 Å². The van der Waals surface area contributed by atoms with Crippen LogP contribution in [0.15, 0.2) is 23.2 Å². The van der Waals surface area contributed by atoms with Crippen molar-refractivity contribution in [1.82, 2.24) is 9.47 Å². The van der Waals surface area contributed by atoms with E-state index in [1.807, 2.05) is 41.5 Å². The normalized spacial score (nSPS) is 15.2. The van der Waals surface area contributed by atoms with Crippen molar-refractivity contribution in [2.45, 2.75) is 46.1 Å². The summed E-state index contributed by atoms with van der Waals surface area (Å²) in [4.78, 5) is 32.0. The third-order valence-electron chi connectivity index (χ3n) is 5.26. The lowest BCUT2D eigenvalue weighted by Gasteiger charge is -2.19. The van der Waals surface area contributed by atoms with E-state index in [-0.39, 0.29) is 17.6 Å². The minimum atomic E-state index is -0.222. The molecule has 32 heavy (non-hydrogen) atoms. The molecule has 1 aliphatic rings. The van der Waals surface area contributed by atoms with Crippen LogP contribution in [0.5, 0.6) is 5.75 Å². The molecule has 0 bridgehead atoms. The van der Waals surface area contributed by atoms with E-state index in [4.69, 9.17) is 9.47 Å². The highest BCUT2D eigenvalue weighted by Gasteiger charge is 2.16. The van der Waals surface area contributed by atoms with E-state index in [9.17, 15) is 9.59 Å². The van der Waals surface area contributed by atoms with Gasteiger partial charge in [0, 0.05) is 26.2 Å². The van der Waals surface area contributed by atoms with Crippen molar-refractivity contribution in [2.75, 3.05) is 44.4 Å². The number of benzene rings is 1. The van der Waals surface area contributed by atoms with Crippen LogP contribution >= 0.6 is 23.1 Å². The van der Waals surface area contributed by atoms with Crippen molar-refractivity contribution in [1.29, 1.82) is 0 Å². The molecule has 9 heteroatoms. The fraction of sp³-hybridized carbons (Fsp3) is 0.609. The lowest BCUT2D eigenvalue weighted by atomic mass is 10.2. The molecule has 176 valence electrons. The molecule has 1 aromatic carbocycles. The number of amides is 2. The third kappa shape index (κ3) is 7.08. The van der Waals surface area contributed by atoms with E-state index in [1.54, 1.807) is 0 Å². The van der Waals surface area contributed by atoms with E-state index in [2.05, 4.69) is 4.99 Å². The third-order valence-corrected chi connectivity index (χ3v) is 7.20. The smallest absolute Gasteiger partial charge is 0.258 e. The molecule has 7 nitrogen and oxygen atoms in total. The summed E-state index contributed by atoms with van der Waals surface area (Å²) in [5.74, 6) is 1.24. The largest absolute Gasteiger partial charge is 0.494 e. The van der Waals surface area contributed by atoms with Gasteiger partial charge in [0.1, 0.15) is 5.75 Å². The van der Waals surface area contributed by atoms with Crippen molar-refractivity contribution in [3.8, 4) is 5.75 Å². The Kier molecular flexibility index (Phi) is 10.1. The molecular formula is C23H33N3O4S2. The summed E-state index contributed by atoms with van der Waals surface area (Å²) in [5, 5.41) is 0. The summed E-state index contributed by atoms with van der Waals surface area (Å²) in [6, 6.07) is 5.92. The first-order valence-corrected chi connectivity index (χ1v) is 13.4. The van der Waals surface area contributed by atoms with Gasteiger partial charge in [-0.2, -0.15) is 4.99 Å². The maximum atomic E-state index is 12.6. The SMILES string of the molecule is CCOCCn1c(=NC(=O)CSCC(=O)N2CCCCCC2)sc2cc(OCC)ccc21.